The molecule has 0 aliphatic carbocycles. The third-order valence-corrected chi connectivity index (χ3v) is 4.92. The van der Waals surface area contributed by atoms with Crippen LogP contribution in [0.5, 0.6) is 0 Å². The van der Waals surface area contributed by atoms with Gasteiger partial charge >= 0.3 is 0 Å². The summed E-state index contributed by atoms with van der Waals surface area (Å²) in [5.74, 6) is 2.77. The Hall–Kier alpha value is -1.72. The molecule has 22 heavy (non-hydrogen) atoms. The Morgan fingerprint density at radius 3 is 2.23 bits per heavy atom. The third kappa shape index (κ3) is 3.54. The van der Waals surface area contributed by atoms with Crippen LogP contribution in [-0.2, 0) is 5.75 Å². The number of para-hydroxylation sites is 1. The first-order valence-electron chi connectivity index (χ1n) is 7.19. The van der Waals surface area contributed by atoms with Crippen molar-refractivity contribution in [3.63, 3.8) is 0 Å². The predicted molar refractivity (Wildman–Crippen MR) is 93.8 cm³/mol. The smallest absolute Gasteiger partial charge is 0.195 e. The lowest BCUT2D eigenvalue weighted by Crippen LogP contribution is -2.01. The number of benzene rings is 2. The summed E-state index contributed by atoms with van der Waals surface area (Å²) < 4.78 is 2.16. The van der Waals surface area contributed by atoms with E-state index in [4.69, 9.17) is 0 Å². The van der Waals surface area contributed by atoms with Gasteiger partial charge in [-0.25, -0.2) is 0 Å². The second-order valence-electron chi connectivity index (χ2n) is 4.60. The van der Waals surface area contributed by atoms with Gasteiger partial charge in [-0.1, -0.05) is 55.1 Å². The van der Waals surface area contributed by atoms with Gasteiger partial charge in [-0.2, -0.15) is 0 Å². The summed E-state index contributed by atoms with van der Waals surface area (Å²) in [6.07, 6.45) is 0. The molecule has 0 aliphatic heterocycles. The Morgan fingerprint density at radius 1 is 0.864 bits per heavy atom. The monoisotopic (exact) mass is 327 g/mol. The highest BCUT2D eigenvalue weighted by Crippen LogP contribution is 2.26. The summed E-state index contributed by atoms with van der Waals surface area (Å²) in [5.41, 5.74) is 1.12. The summed E-state index contributed by atoms with van der Waals surface area (Å²) in [6, 6.07) is 20.7. The number of hydrogen-bond donors (Lipinski definition) is 0. The molecule has 0 bridgehead atoms. The summed E-state index contributed by atoms with van der Waals surface area (Å²) in [7, 11) is 0. The first-order chi connectivity index (χ1) is 10.9. The molecular weight excluding hydrogens is 310 g/mol. The van der Waals surface area contributed by atoms with Gasteiger partial charge in [-0.15, -0.1) is 22.0 Å². The number of rotatable bonds is 6. The molecule has 1 heterocycles. The maximum Gasteiger partial charge on any atom is 0.195 e. The van der Waals surface area contributed by atoms with Crippen LogP contribution in [0.1, 0.15) is 12.7 Å². The van der Waals surface area contributed by atoms with Crippen molar-refractivity contribution in [1.29, 1.82) is 0 Å². The van der Waals surface area contributed by atoms with E-state index in [-0.39, 0.29) is 0 Å². The zero-order valence-electron chi connectivity index (χ0n) is 12.3. The fourth-order valence-corrected chi connectivity index (χ4v) is 3.65. The summed E-state index contributed by atoms with van der Waals surface area (Å²) in [4.78, 5) is 1.25. The van der Waals surface area contributed by atoms with Crippen LogP contribution in [0.4, 0.5) is 0 Å². The van der Waals surface area contributed by atoms with Crippen molar-refractivity contribution < 1.29 is 0 Å². The number of thioether (sulfide) groups is 2. The van der Waals surface area contributed by atoms with E-state index in [1.807, 2.05) is 24.3 Å². The molecule has 0 radical (unpaired) electrons. The van der Waals surface area contributed by atoms with Crippen molar-refractivity contribution in [1.82, 2.24) is 14.8 Å². The second kappa shape index (κ2) is 7.51. The van der Waals surface area contributed by atoms with Crippen molar-refractivity contribution in [2.75, 3.05) is 5.75 Å². The largest absolute Gasteiger partial charge is 0.273 e. The molecular formula is C17H17N3S2. The predicted octanol–water partition coefficient (Wildman–Crippen LogP) is 4.67. The maximum atomic E-state index is 4.40. The van der Waals surface area contributed by atoms with E-state index < -0.39 is 0 Å². The first-order valence-corrected chi connectivity index (χ1v) is 9.16. The number of aromatic nitrogens is 3. The first kappa shape index (κ1) is 15.2. The van der Waals surface area contributed by atoms with Crippen molar-refractivity contribution in [2.45, 2.75) is 22.7 Å². The summed E-state index contributed by atoms with van der Waals surface area (Å²) in [6.45, 7) is 2.13. The maximum absolute atomic E-state index is 4.40. The average Bonchev–Trinajstić information content (AvgIpc) is 2.98. The van der Waals surface area contributed by atoms with E-state index in [0.717, 1.165) is 28.2 Å². The molecule has 3 aromatic rings. The summed E-state index contributed by atoms with van der Waals surface area (Å²) >= 11 is 3.50. The quantitative estimate of drug-likeness (QED) is 0.616. The van der Waals surface area contributed by atoms with Crippen LogP contribution in [0, 0.1) is 0 Å². The summed E-state index contributed by atoms with van der Waals surface area (Å²) in [5, 5.41) is 9.71. The molecule has 0 spiro atoms. The molecule has 1 aromatic heterocycles. The van der Waals surface area contributed by atoms with Gasteiger partial charge in [0.2, 0.25) is 0 Å². The Morgan fingerprint density at radius 2 is 1.55 bits per heavy atom. The molecule has 0 fully saturated rings. The lowest BCUT2D eigenvalue weighted by Gasteiger charge is -2.09. The van der Waals surface area contributed by atoms with Gasteiger partial charge in [0.05, 0.1) is 5.75 Å². The van der Waals surface area contributed by atoms with E-state index in [1.165, 1.54) is 4.90 Å². The van der Waals surface area contributed by atoms with Crippen LogP contribution in [0.25, 0.3) is 5.69 Å². The SMILES string of the molecule is CCSc1nnc(CSc2ccccc2)n1-c1ccccc1. The fraction of sp³-hybridized carbons (Fsp3) is 0.176. The molecule has 0 aliphatic rings. The molecule has 0 N–H and O–H groups in total. The minimum absolute atomic E-state index is 0.802. The van der Waals surface area contributed by atoms with Crippen molar-refractivity contribution in [3.8, 4) is 5.69 Å². The molecule has 0 saturated carbocycles. The van der Waals surface area contributed by atoms with Crippen LogP contribution >= 0.6 is 23.5 Å². The van der Waals surface area contributed by atoms with Gasteiger partial charge in [-0.05, 0) is 30.0 Å². The zero-order valence-corrected chi connectivity index (χ0v) is 14.0. The molecule has 2 aromatic carbocycles. The van der Waals surface area contributed by atoms with Gasteiger partial charge in [0.1, 0.15) is 5.82 Å². The Balaban J connectivity index is 1.88. The molecule has 0 atom stereocenters. The van der Waals surface area contributed by atoms with Crippen LogP contribution in [0.15, 0.2) is 70.7 Å². The zero-order chi connectivity index (χ0) is 15.2. The van der Waals surface area contributed by atoms with Crippen LogP contribution < -0.4 is 0 Å². The number of hydrogen-bond acceptors (Lipinski definition) is 4. The second-order valence-corrected chi connectivity index (χ2v) is 6.88. The van der Waals surface area contributed by atoms with Crippen molar-refractivity contribution >= 4 is 23.5 Å². The van der Waals surface area contributed by atoms with Crippen molar-refractivity contribution in [3.05, 3.63) is 66.5 Å². The minimum Gasteiger partial charge on any atom is -0.273 e. The van der Waals surface area contributed by atoms with Gasteiger partial charge in [0.15, 0.2) is 5.16 Å². The van der Waals surface area contributed by atoms with Gasteiger partial charge < -0.3 is 0 Å². The molecule has 112 valence electrons. The highest BCUT2D eigenvalue weighted by atomic mass is 32.2. The van der Waals surface area contributed by atoms with Gasteiger partial charge in [-0.3, -0.25) is 4.57 Å². The lowest BCUT2D eigenvalue weighted by molar-refractivity contribution is 0.865. The third-order valence-electron chi connectivity index (χ3n) is 3.10. The van der Waals surface area contributed by atoms with Crippen LogP contribution in [0.3, 0.4) is 0 Å². The highest BCUT2D eigenvalue weighted by molar-refractivity contribution is 7.99. The molecule has 5 heteroatoms. The van der Waals surface area contributed by atoms with Crippen molar-refractivity contribution in [2.24, 2.45) is 0 Å². The molecule has 3 rings (SSSR count). The lowest BCUT2D eigenvalue weighted by atomic mass is 10.3. The van der Waals surface area contributed by atoms with Crippen LogP contribution in [-0.4, -0.2) is 20.5 Å². The Bertz CT molecular complexity index is 711. The molecule has 3 nitrogen and oxygen atoms in total. The topological polar surface area (TPSA) is 30.7 Å². The molecule has 0 amide bonds. The normalized spacial score (nSPS) is 10.8. The standard InChI is InChI=1S/C17H17N3S2/c1-2-21-17-19-18-16(13-22-15-11-7-4-8-12-15)20(17)14-9-5-3-6-10-14/h3-12H,2,13H2,1H3. The van der Waals surface area contributed by atoms with E-state index in [2.05, 4.69) is 58.1 Å². The van der Waals surface area contributed by atoms with Gasteiger partial charge in [0.25, 0.3) is 0 Å². The Kier molecular flexibility index (Phi) is 5.19. The highest BCUT2D eigenvalue weighted by Gasteiger charge is 2.13. The van der Waals surface area contributed by atoms with E-state index in [1.54, 1.807) is 23.5 Å². The van der Waals surface area contributed by atoms with E-state index >= 15 is 0 Å². The Labute approximate surface area is 139 Å². The number of nitrogens with zero attached hydrogens (tertiary/aromatic N) is 3. The molecule has 0 unspecified atom stereocenters. The fourth-order valence-electron chi connectivity index (χ4n) is 2.12. The van der Waals surface area contributed by atoms with E-state index in [9.17, 15) is 0 Å². The van der Waals surface area contributed by atoms with Gasteiger partial charge in [0, 0.05) is 10.6 Å². The van der Waals surface area contributed by atoms with E-state index in [0.29, 0.717) is 0 Å². The van der Waals surface area contributed by atoms with Crippen LogP contribution in [0.2, 0.25) is 0 Å². The molecule has 0 saturated heterocycles. The minimum atomic E-state index is 0.802. The average molecular weight is 327 g/mol.